The molecule has 0 aliphatic rings. The maximum atomic E-state index is 10.7. The van der Waals surface area contributed by atoms with E-state index in [9.17, 15) is 4.79 Å². The number of nitrogens with zero attached hydrogens (tertiary/aromatic N) is 2. The molecule has 2 aromatic heterocycles. The van der Waals surface area contributed by atoms with Crippen molar-refractivity contribution >= 4 is 39.0 Å². The van der Waals surface area contributed by atoms with Gasteiger partial charge in [0.1, 0.15) is 10.2 Å². The Kier molecular flexibility index (Phi) is 2.20. The van der Waals surface area contributed by atoms with Gasteiger partial charge in [-0.25, -0.2) is 9.31 Å². The summed E-state index contributed by atoms with van der Waals surface area (Å²) in [6, 6.07) is 3.45. The van der Waals surface area contributed by atoms with Crippen molar-refractivity contribution in [3.8, 4) is 0 Å². The second-order valence-electron chi connectivity index (χ2n) is 2.63. The quantitative estimate of drug-likeness (QED) is 0.870. The van der Waals surface area contributed by atoms with Crippen LogP contribution in [0.4, 0.5) is 0 Å². The molecule has 2 heterocycles. The van der Waals surface area contributed by atoms with Crippen LogP contribution in [0.2, 0.25) is 5.02 Å². The molecule has 6 heteroatoms. The molecule has 0 atom stereocenters. The zero-order valence-corrected chi connectivity index (χ0v) is 9.08. The summed E-state index contributed by atoms with van der Waals surface area (Å²) in [5, 5.41) is 12.9. The van der Waals surface area contributed by atoms with Crippen LogP contribution in [-0.4, -0.2) is 20.7 Å². The third kappa shape index (κ3) is 1.29. The summed E-state index contributed by atoms with van der Waals surface area (Å²) < 4.78 is 2.25. The van der Waals surface area contributed by atoms with Crippen LogP contribution in [0.1, 0.15) is 10.4 Å². The number of carbonyl (C=O) groups is 1. The van der Waals surface area contributed by atoms with Gasteiger partial charge in [-0.1, -0.05) is 11.6 Å². The topological polar surface area (TPSA) is 54.6 Å². The minimum Gasteiger partial charge on any atom is -0.478 e. The van der Waals surface area contributed by atoms with Crippen molar-refractivity contribution < 1.29 is 9.90 Å². The van der Waals surface area contributed by atoms with E-state index in [1.165, 1.54) is 10.7 Å². The number of hydrogen-bond donors (Lipinski definition) is 1. The second-order valence-corrected chi connectivity index (χ2v) is 3.82. The first-order valence-corrected chi connectivity index (χ1v) is 4.83. The van der Waals surface area contributed by atoms with Crippen LogP contribution in [0.5, 0.6) is 0 Å². The molecular formula is C8H4BrClN2O2. The van der Waals surface area contributed by atoms with Gasteiger partial charge in [-0.05, 0) is 28.1 Å². The van der Waals surface area contributed by atoms with Gasteiger partial charge in [0.25, 0.3) is 0 Å². The molecule has 0 bridgehead atoms. The van der Waals surface area contributed by atoms with Gasteiger partial charge < -0.3 is 5.11 Å². The maximum Gasteiger partial charge on any atom is 0.338 e. The van der Waals surface area contributed by atoms with Crippen LogP contribution < -0.4 is 0 Å². The van der Waals surface area contributed by atoms with E-state index in [0.717, 1.165) is 4.60 Å². The number of rotatable bonds is 1. The molecule has 4 nitrogen and oxygen atoms in total. The summed E-state index contributed by atoms with van der Waals surface area (Å²) in [6.07, 6.45) is 1.22. The van der Waals surface area contributed by atoms with Crippen LogP contribution in [0.15, 0.2) is 22.9 Å². The number of carboxylic acid groups (broad SMARTS) is 1. The molecule has 0 saturated carbocycles. The first-order chi connectivity index (χ1) is 6.61. The third-order valence-electron chi connectivity index (χ3n) is 1.80. The number of fused-ring (bicyclic) bond motifs is 1. The SMILES string of the molecule is O=C(O)c1cnn2c(Br)ccc2c1Cl. The largest absolute Gasteiger partial charge is 0.478 e. The molecular weight excluding hydrogens is 271 g/mol. The van der Waals surface area contributed by atoms with E-state index < -0.39 is 5.97 Å². The van der Waals surface area contributed by atoms with Crippen LogP contribution >= 0.6 is 27.5 Å². The molecule has 0 aliphatic heterocycles. The summed E-state index contributed by atoms with van der Waals surface area (Å²) in [4.78, 5) is 10.7. The van der Waals surface area contributed by atoms with Gasteiger partial charge in [0.15, 0.2) is 0 Å². The molecule has 0 unspecified atom stereocenters. The van der Waals surface area contributed by atoms with Crippen LogP contribution in [0.3, 0.4) is 0 Å². The Bertz CT molecular complexity index is 523. The summed E-state index contributed by atoms with van der Waals surface area (Å²) in [6.45, 7) is 0. The van der Waals surface area contributed by atoms with Gasteiger partial charge in [0.2, 0.25) is 0 Å². The van der Waals surface area contributed by atoms with E-state index in [1.54, 1.807) is 12.1 Å². The zero-order chi connectivity index (χ0) is 10.3. The Balaban J connectivity index is 2.82. The number of aromatic carboxylic acids is 1. The summed E-state index contributed by atoms with van der Waals surface area (Å²) in [5.41, 5.74) is 0.572. The smallest absolute Gasteiger partial charge is 0.338 e. The van der Waals surface area contributed by atoms with Gasteiger partial charge in [-0.15, -0.1) is 0 Å². The maximum absolute atomic E-state index is 10.7. The Labute approximate surface area is 92.2 Å². The lowest BCUT2D eigenvalue weighted by molar-refractivity contribution is 0.0696. The number of aromatic nitrogens is 2. The van der Waals surface area contributed by atoms with E-state index in [0.29, 0.717) is 5.52 Å². The highest BCUT2D eigenvalue weighted by Gasteiger charge is 2.13. The van der Waals surface area contributed by atoms with Crippen molar-refractivity contribution in [1.82, 2.24) is 9.61 Å². The predicted molar refractivity (Wildman–Crippen MR) is 54.9 cm³/mol. The van der Waals surface area contributed by atoms with E-state index in [2.05, 4.69) is 21.0 Å². The first-order valence-electron chi connectivity index (χ1n) is 3.66. The second kappa shape index (κ2) is 3.25. The van der Waals surface area contributed by atoms with Crippen molar-refractivity contribution in [2.24, 2.45) is 0 Å². The fraction of sp³-hybridized carbons (Fsp3) is 0. The van der Waals surface area contributed by atoms with Crippen LogP contribution in [0, 0.1) is 0 Å². The molecule has 14 heavy (non-hydrogen) atoms. The Morgan fingerprint density at radius 1 is 1.57 bits per heavy atom. The molecule has 0 spiro atoms. The normalized spacial score (nSPS) is 10.7. The highest BCUT2D eigenvalue weighted by Crippen LogP contribution is 2.24. The highest BCUT2D eigenvalue weighted by atomic mass is 79.9. The van der Waals surface area contributed by atoms with Crippen molar-refractivity contribution in [2.45, 2.75) is 0 Å². The lowest BCUT2D eigenvalue weighted by Crippen LogP contribution is -2.02. The predicted octanol–water partition coefficient (Wildman–Crippen LogP) is 2.45. The molecule has 2 aromatic rings. The minimum absolute atomic E-state index is 0.00441. The van der Waals surface area contributed by atoms with Crippen LogP contribution in [0.25, 0.3) is 5.52 Å². The van der Waals surface area contributed by atoms with Crippen molar-refractivity contribution in [3.05, 3.63) is 33.5 Å². The fourth-order valence-corrected chi connectivity index (χ4v) is 1.83. The first kappa shape index (κ1) is 9.48. The zero-order valence-electron chi connectivity index (χ0n) is 6.74. The lowest BCUT2D eigenvalue weighted by atomic mass is 10.3. The Morgan fingerprint density at radius 2 is 2.29 bits per heavy atom. The molecule has 0 saturated heterocycles. The average molecular weight is 275 g/mol. The van der Waals surface area contributed by atoms with Crippen molar-refractivity contribution in [2.75, 3.05) is 0 Å². The molecule has 72 valence electrons. The number of carboxylic acids is 1. The molecule has 0 radical (unpaired) electrons. The van der Waals surface area contributed by atoms with Gasteiger partial charge in [0, 0.05) is 0 Å². The number of hydrogen-bond acceptors (Lipinski definition) is 2. The molecule has 0 aliphatic carbocycles. The summed E-state index contributed by atoms with van der Waals surface area (Å²) in [5.74, 6) is -1.08. The lowest BCUT2D eigenvalue weighted by Gasteiger charge is -2.01. The minimum atomic E-state index is -1.08. The highest BCUT2D eigenvalue weighted by molar-refractivity contribution is 9.10. The Hall–Kier alpha value is -1.07. The van der Waals surface area contributed by atoms with Gasteiger partial charge in [0.05, 0.1) is 16.7 Å². The molecule has 0 aromatic carbocycles. The Morgan fingerprint density at radius 3 is 2.93 bits per heavy atom. The van der Waals surface area contributed by atoms with E-state index in [-0.39, 0.29) is 10.6 Å². The van der Waals surface area contributed by atoms with Crippen LogP contribution in [-0.2, 0) is 0 Å². The molecule has 1 N–H and O–H groups in total. The fourth-order valence-electron chi connectivity index (χ4n) is 1.15. The van der Waals surface area contributed by atoms with Crippen molar-refractivity contribution in [1.29, 1.82) is 0 Å². The average Bonchev–Trinajstić information content (AvgIpc) is 2.49. The summed E-state index contributed by atoms with van der Waals surface area (Å²) >= 11 is 9.14. The monoisotopic (exact) mass is 274 g/mol. The molecule has 0 amide bonds. The molecule has 0 fully saturated rings. The number of halogens is 2. The van der Waals surface area contributed by atoms with Gasteiger partial charge >= 0.3 is 5.97 Å². The third-order valence-corrected chi connectivity index (χ3v) is 2.80. The molecule has 2 rings (SSSR count). The standard InChI is InChI=1S/C8H4BrClN2O2/c9-6-2-1-5-7(10)4(8(13)14)3-11-12(5)6/h1-3H,(H,13,14). The van der Waals surface area contributed by atoms with Gasteiger partial charge in [-0.2, -0.15) is 5.10 Å². The van der Waals surface area contributed by atoms with E-state index in [1.807, 2.05) is 0 Å². The van der Waals surface area contributed by atoms with Crippen molar-refractivity contribution in [3.63, 3.8) is 0 Å². The summed E-state index contributed by atoms with van der Waals surface area (Å²) in [7, 11) is 0. The van der Waals surface area contributed by atoms with E-state index >= 15 is 0 Å². The van der Waals surface area contributed by atoms with Gasteiger partial charge in [-0.3, -0.25) is 0 Å². The van der Waals surface area contributed by atoms with E-state index in [4.69, 9.17) is 16.7 Å².